The van der Waals surface area contributed by atoms with E-state index in [2.05, 4.69) is 49.3 Å². The van der Waals surface area contributed by atoms with E-state index in [0.717, 1.165) is 31.2 Å². The summed E-state index contributed by atoms with van der Waals surface area (Å²) in [5.41, 5.74) is 1.09. The second-order valence-electron chi connectivity index (χ2n) is 5.89. The smallest absolute Gasteiger partial charge is 0.128 e. The highest BCUT2D eigenvalue weighted by Crippen LogP contribution is 2.16. The standard InChI is InChI=1S/C16H27N3O/c1-13(2)17-11-14-7-6-9-16(18-14)19(3)12-15-8-4-5-10-20-15/h6-7,9,13,15,17H,4-5,8,10-12H2,1-3H3. The molecule has 0 radical (unpaired) electrons. The second-order valence-corrected chi connectivity index (χ2v) is 5.89. The lowest BCUT2D eigenvalue weighted by Crippen LogP contribution is -2.34. The molecule has 4 nitrogen and oxygen atoms in total. The molecule has 2 heterocycles. The first-order valence-corrected chi connectivity index (χ1v) is 7.67. The highest BCUT2D eigenvalue weighted by atomic mass is 16.5. The maximum Gasteiger partial charge on any atom is 0.128 e. The summed E-state index contributed by atoms with van der Waals surface area (Å²) in [6.07, 6.45) is 4.01. The summed E-state index contributed by atoms with van der Waals surface area (Å²) in [4.78, 5) is 6.92. The zero-order chi connectivity index (χ0) is 14.4. The summed E-state index contributed by atoms with van der Waals surface area (Å²) < 4.78 is 5.80. The molecule has 0 bridgehead atoms. The summed E-state index contributed by atoms with van der Waals surface area (Å²) >= 11 is 0. The van der Waals surface area contributed by atoms with Crippen LogP contribution in [0.15, 0.2) is 18.2 Å². The minimum absolute atomic E-state index is 0.355. The van der Waals surface area contributed by atoms with Crippen molar-refractivity contribution in [2.45, 2.75) is 51.8 Å². The van der Waals surface area contributed by atoms with Gasteiger partial charge in [-0.3, -0.25) is 0 Å². The fourth-order valence-electron chi connectivity index (χ4n) is 2.44. The molecule has 0 spiro atoms. The van der Waals surface area contributed by atoms with Crippen LogP contribution in [0.1, 0.15) is 38.8 Å². The van der Waals surface area contributed by atoms with Gasteiger partial charge in [0.25, 0.3) is 0 Å². The van der Waals surface area contributed by atoms with Gasteiger partial charge < -0.3 is 15.0 Å². The van der Waals surface area contributed by atoms with Gasteiger partial charge in [-0.15, -0.1) is 0 Å². The Balaban J connectivity index is 1.91. The van der Waals surface area contributed by atoms with Crippen LogP contribution >= 0.6 is 0 Å². The molecule has 0 aliphatic carbocycles. The zero-order valence-electron chi connectivity index (χ0n) is 12.9. The lowest BCUT2D eigenvalue weighted by atomic mass is 10.1. The normalized spacial score (nSPS) is 19.3. The van der Waals surface area contributed by atoms with E-state index in [1.807, 2.05) is 0 Å². The molecule has 112 valence electrons. The molecule has 0 amide bonds. The maximum atomic E-state index is 5.80. The predicted molar refractivity (Wildman–Crippen MR) is 83.1 cm³/mol. The number of likely N-dealkylation sites (N-methyl/N-ethyl adjacent to an activating group) is 1. The van der Waals surface area contributed by atoms with E-state index in [0.29, 0.717) is 12.1 Å². The van der Waals surface area contributed by atoms with Crippen LogP contribution in [-0.4, -0.2) is 37.3 Å². The molecule has 1 fully saturated rings. The fourth-order valence-corrected chi connectivity index (χ4v) is 2.44. The van der Waals surface area contributed by atoms with Gasteiger partial charge in [0.15, 0.2) is 0 Å². The van der Waals surface area contributed by atoms with Crippen LogP contribution in [0, 0.1) is 0 Å². The third-order valence-electron chi connectivity index (χ3n) is 3.63. The number of rotatable bonds is 6. The molecule has 0 saturated carbocycles. The van der Waals surface area contributed by atoms with Gasteiger partial charge in [0.2, 0.25) is 0 Å². The van der Waals surface area contributed by atoms with Gasteiger partial charge in [0, 0.05) is 32.8 Å². The molecule has 1 saturated heterocycles. The number of ether oxygens (including phenoxy) is 1. The van der Waals surface area contributed by atoms with Gasteiger partial charge in [-0.05, 0) is 31.4 Å². The lowest BCUT2D eigenvalue weighted by molar-refractivity contribution is 0.0215. The Hall–Kier alpha value is -1.13. The Morgan fingerprint density at radius 2 is 2.25 bits per heavy atom. The van der Waals surface area contributed by atoms with E-state index in [9.17, 15) is 0 Å². The van der Waals surface area contributed by atoms with Gasteiger partial charge in [0.05, 0.1) is 11.8 Å². The van der Waals surface area contributed by atoms with Crippen molar-refractivity contribution in [3.05, 3.63) is 23.9 Å². The molecule has 4 heteroatoms. The first kappa shape index (κ1) is 15.3. The van der Waals surface area contributed by atoms with Crippen LogP contribution in [0.2, 0.25) is 0 Å². The Morgan fingerprint density at radius 3 is 2.95 bits per heavy atom. The fraction of sp³-hybridized carbons (Fsp3) is 0.688. The molecule has 1 N–H and O–H groups in total. The molecule has 1 aliphatic rings. The number of pyridine rings is 1. The van der Waals surface area contributed by atoms with Gasteiger partial charge >= 0.3 is 0 Å². The number of nitrogens with one attached hydrogen (secondary N) is 1. The van der Waals surface area contributed by atoms with Crippen molar-refractivity contribution in [1.82, 2.24) is 10.3 Å². The number of hydrogen-bond acceptors (Lipinski definition) is 4. The number of hydrogen-bond donors (Lipinski definition) is 1. The van der Waals surface area contributed by atoms with Gasteiger partial charge in [-0.25, -0.2) is 4.98 Å². The van der Waals surface area contributed by atoms with Crippen LogP contribution < -0.4 is 10.2 Å². The monoisotopic (exact) mass is 277 g/mol. The topological polar surface area (TPSA) is 37.4 Å². The largest absolute Gasteiger partial charge is 0.376 e. The SMILES string of the molecule is CC(C)NCc1cccc(N(C)CC2CCCCO2)n1. The van der Waals surface area contributed by atoms with Crippen molar-refractivity contribution in [3.8, 4) is 0 Å². The molecule has 1 unspecified atom stereocenters. The average molecular weight is 277 g/mol. The number of nitrogens with zero attached hydrogens (tertiary/aromatic N) is 2. The molecule has 2 rings (SSSR count). The molecule has 1 aliphatic heterocycles. The van der Waals surface area contributed by atoms with Crippen molar-refractivity contribution in [2.24, 2.45) is 0 Å². The predicted octanol–water partition coefficient (Wildman–Crippen LogP) is 2.58. The first-order chi connectivity index (χ1) is 9.65. The Labute approximate surface area is 122 Å². The third-order valence-corrected chi connectivity index (χ3v) is 3.63. The molecule has 0 aromatic carbocycles. The summed E-state index contributed by atoms with van der Waals surface area (Å²) in [5.74, 6) is 1.03. The Morgan fingerprint density at radius 1 is 1.40 bits per heavy atom. The van der Waals surface area contributed by atoms with Crippen molar-refractivity contribution in [3.63, 3.8) is 0 Å². The summed E-state index contributed by atoms with van der Waals surface area (Å²) in [6.45, 7) is 6.95. The van der Waals surface area contributed by atoms with Gasteiger partial charge in [0.1, 0.15) is 5.82 Å². The second kappa shape index (κ2) is 7.60. The molecule has 20 heavy (non-hydrogen) atoms. The third kappa shape index (κ3) is 4.76. The van der Waals surface area contributed by atoms with Crippen LogP contribution in [-0.2, 0) is 11.3 Å². The zero-order valence-corrected chi connectivity index (χ0v) is 12.9. The number of aromatic nitrogens is 1. The minimum atomic E-state index is 0.355. The van der Waals surface area contributed by atoms with E-state index < -0.39 is 0 Å². The van der Waals surface area contributed by atoms with Crippen molar-refractivity contribution in [1.29, 1.82) is 0 Å². The molecule has 1 aromatic rings. The molecular formula is C16H27N3O. The van der Waals surface area contributed by atoms with E-state index in [1.54, 1.807) is 0 Å². The highest BCUT2D eigenvalue weighted by molar-refractivity contribution is 5.38. The van der Waals surface area contributed by atoms with Crippen LogP contribution in [0.5, 0.6) is 0 Å². The first-order valence-electron chi connectivity index (χ1n) is 7.67. The maximum absolute atomic E-state index is 5.80. The van der Waals surface area contributed by atoms with Crippen molar-refractivity contribution in [2.75, 3.05) is 25.1 Å². The lowest BCUT2D eigenvalue weighted by Gasteiger charge is -2.28. The molecular weight excluding hydrogens is 250 g/mol. The molecule has 1 aromatic heterocycles. The van der Waals surface area contributed by atoms with E-state index >= 15 is 0 Å². The number of anilines is 1. The van der Waals surface area contributed by atoms with E-state index in [4.69, 9.17) is 9.72 Å². The Bertz CT molecular complexity index is 402. The summed E-state index contributed by atoms with van der Waals surface area (Å²) in [6, 6.07) is 6.71. The van der Waals surface area contributed by atoms with Crippen molar-refractivity contribution < 1.29 is 4.74 Å². The summed E-state index contributed by atoms with van der Waals surface area (Å²) in [7, 11) is 2.10. The Kier molecular flexibility index (Phi) is 5.80. The quantitative estimate of drug-likeness (QED) is 0.867. The van der Waals surface area contributed by atoms with Gasteiger partial charge in [-0.2, -0.15) is 0 Å². The van der Waals surface area contributed by atoms with E-state index in [-0.39, 0.29) is 0 Å². The molecule has 1 atom stereocenters. The van der Waals surface area contributed by atoms with Crippen LogP contribution in [0.3, 0.4) is 0 Å². The van der Waals surface area contributed by atoms with Crippen molar-refractivity contribution >= 4 is 5.82 Å². The highest BCUT2D eigenvalue weighted by Gasteiger charge is 2.16. The van der Waals surface area contributed by atoms with Crippen LogP contribution in [0.4, 0.5) is 5.82 Å². The van der Waals surface area contributed by atoms with E-state index in [1.165, 1.54) is 19.3 Å². The average Bonchev–Trinajstić information content (AvgIpc) is 2.46. The summed E-state index contributed by atoms with van der Waals surface area (Å²) in [5, 5.41) is 3.40. The van der Waals surface area contributed by atoms with Gasteiger partial charge in [-0.1, -0.05) is 19.9 Å². The van der Waals surface area contributed by atoms with Crippen LogP contribution in [0.25, 0.3) is 0 Å². The minimum Gasteiger partial charge on any atom is -0.376 e.